The van der Waals surface area contributed by atoms with E-state index in [4.69, 9.17) is 20.8 Å². The molecule has 4 heteroatoms. The van der Waals surface area contributed by atoms with E-state index in [1.165, 1.54) is 0 Å². The summed E-state index contributed by atoms with van der Waals surface area (Å²) >= 11 is 5.78. The second-order valence-electron chi connectivity index (χ2n) is 4.58. The molecule has 1 aromatic heterocycles. The number of ether oxygens (including phenoxy) is 1. The Morgan fingerprint density at radius 3 is 2.57 bits per heavy atom. The first-order valence-corrected chi connectivity index (χ1v) is 7.09. The Morgan fingerprint density at radius 1 is 1.10 bits per heavy atom. The molecular weight excluding hydrogens is 286 g/mol. The molecule has 3 rings (SSSR count). The van der Waals surface area contributed by atoms with E-state index in [9.17, 15) is 0 Å². The van der Waals surface area contributed by atoms with Gasteiger partial charge >= 0.3 is 0 Å². The summed E-state index contributed by atoms with van der Waals surface area (Å²) in [6.45, 7) is 1.78. The highest BCUT2D eigenvalue weighted by Crippen LogP contribution is 2.18. The molecule has 0 saturated carbocycles. The lowest BCUT2D eigenvalue weighted by atomic mass is 10.2. The molecule has 1 atom stereocenters. The second kappa shape index (κ2) is 6.02. The van der Waals surface area contributed by atoms with Crippen LogP contribution in [0.3, 0.4) is 0 Å². The molecule has 0 spiro atoms. The van der Waals surface area contributed by atoms with Crippen molar-refractivity contribution in [3.05, 3.63) is 60.0 Å². The van der Waals surface area contributed by atoms with Gasteiger partial charge in [-0.2, -0.15) is 0 Å². The monoisotopic (exact) mass is 299 g/mol. The third-order valence-electron chi connectivity index (χ3n) is 2.91. The molecule has 106 valence electrons. The van der Waals surface area contributed by atoms with E-state index >= 15 is 0 Å². The molecule has 0 amide bonds. The third-order valence-corrected chi connectivity index (χ3v) is 3.00. The quantitative estimate of drug-likeness (QED) is 0.639. The molecule has 0 aliphatic rings. The lowest BCUT2D eigenvalue weighted by Crippen LogP contribution is -2.01. The number of aromatic nitrogens is 1. The lowest BCUT2D eigenvalue weighted by molar-refractivity contribution is 0.301. The molecule has 3 aromatic rings. The van der Waals surface area contributed by atoms with Crippen LogP contribution >= 0.6 is 11.6 Å². The molecular formula is C17H14ClNO2. The van der Waals surface area contributed by atoms with Gasteiger partial charge in [0.15, 0.2) is 11.1 Å². The average Bonchev–Trinajstić information content (AvgIpc) is 2.89. The number of benzene rings is 2. The molecule has 0 N–H and O–H groups in total. The predicted octanol–water partition coefficient (Wildman–Crippen LogP) is 4.96. The van der Waals surface area contributed by atoms with E-state index in [0.717, 1.165) is 22.4 Å². The van der Waals surface area contributed by atoms with Crippen LogP contribution in [0.5, 0.6) is 5.75 Å². The lowest BCUT2D eigenvalue weighted by Gasteiger charge is -2.07. The van der Waals surface area contributed by atoms with Crippen molar-refractivity contribution >= 4 is 34.9 Å². The van der Waals surface area contributed by atoms with E-state index < -0.39 is 0 Å². The summed E-state index contributed by atoms with van der Waals surface area (Å²) in [5, 5.41) is 0. The minimum atomic E-state index is -0.342. The van der Waals surface area contributed by atoms with E-state index in [1.807, 2.05) is 60.7 Å². The smallest absolute Gasteiger partial charge is 0.220 e. The summed E-state index contributed by atoms with van der Waals surface area (Å²) in [7, 11) is 0. The molecule has 1 heterocycles. The number of oxazole rings is 1. The summed E-state index contributed by atoms with van der Waals surface area (Å²) in [4.78, 5) is 4.39. The van der Waals surface area contributed by atoms with Gasteiger partial charge in [0.2, 0.25) is 5.89 Å². The van der Waals surface area contributed by atoms with Crippen LogP contribution in [0, 0.1) is 0 Å². The van der Waals surface area contributed by atoms with Crippen molar-refractivity contribution in [3.8, 4) is 5.75 Å². The number of nitrogens with zero attached hydrogens (tertiary/aromatic N) is 1. The zero-order valence-electron chi connectivity index (χ0n) is 11.5. The highest BCUT2D eigenvalue weighted by molar-refractivity contribution is 6.19. The molecule has 0 saturated heterocycles. The zero-order valence-corrected chi connectivity index (χ0v) is 12.2. The summed E-state index contributed by atoms with van der Waals surface area (Å²) in [6.07, 6.45) is 3.79. The van der Waals surface area contributed by atoms with Crippen molar-refractivity contribution in [3.63, 3.8) is 0 Å². The van der Waals surface area contributed by atoms with Crippen molar-refractivity contribution in [1.82, 2.24) is 4.98 Å². The third kappa shape index (κ3) is 3.44. The molecule has 0 aliphatic heterocycles. The van der Waals surface area contributed by atoms with E-state index in [-0.39, 0.29) is 5.56 Å². The number of rotatable bonds is 4. The highest BCUT2D eigenvalue weighted by atomic mass is 35.5. The topological polar surface area (TPSA) is 35.3 Å². The molecule has 0 aliphatic carbocycles. The fourth-order valence-electron chi connectivity index (χ4n) is 1.97. The van der Waals surface area contributed by atoms with Gasteiger partial charge in [0.25, 0.3) is 0 Å². The van der Waals surface area contributed by atoms with Crippen LogP contribution in [-0.2, 0) is 0 Å². The Labute approximate surface area is 127 Å². The van der Waals surface area contributed by atoms with Crippen LogP contribution in [0.15, 0.2) is 52.9 Å². The van der Waals surface area contributed by atoms with E-state index in [1.54, 1.807) is 6.92 Å². The Bertz CT molecular complexity index is 727. The van der Waals surface area contributed by atoms with Crippen LogP contribution in [0.25, 0.3) is 23.3 Å². The van der Waals surface area contributed by atoms with Gasteiger partial charge < -0.3 is 9.15 Å². The van der Waals surface area contributed by atoms with Gasteiger partial charge in [0.1, 0.15) is 11.3 Å². The summed E-state index contributed by atoms with van der Waals surface area (Å²) in [5.41, 5.74) is 2.34. The Kier molecular flexibility index (Phi) is 3.93. The van der Waals surface area contributed by atoms with Crippen molar-refractivity contribution in [2.24, 2.45) is 0 Å². The van der Waals surface area contributed by atoms with Gasteiger partial charge in [-0.05, 0) is 42.8 Å². The summed E-state index contributed by atoms with van der Waals surface area (Å²) < 4.78 is 11.0. The number of alkyl halides is 1. The first-order valence-electron chi connectivity index (χ1n) is 6.65. The molecule has 1 unspecified atom stereocenters. The van der Waals surface area contributed by atoms with Gasteiger partial charge in [-0.15, -0.1) is 0 Å². The first kappa shape index (κ1) is 13.7. The number of halogens is 1. The Morgan fingerprint density at radius 2 is 1.86 bits per heavy atom. The highest BCUT2D eigenvalue weighted by Gasteiger charge is 2.01. The maximum absolute atomic E-state index is 5.78. The van der Waals surface area contributed by atoms with E-state index in [0.29, 0.717) is 5.89 Å². The average molecular weight is 300 g/mol. The van der Waals surface area contributed by atoms with Crippen LogP contribution < -0.4 is 4.74 Å². The van der Waals surface area contributed by atoms with Gasteiger partial charge in [-0.25, -0.2) is 4.98 Å². The maximum atomic E-state index is 5.78. The standard InChI is InChI=1S/C17H14ClNO2/c1-12(18)20-14-9-6-13(7-10-14)8-11-17-19-15-4-2-3-5-16(15)21-17/h2-12H,1H3/b11-8+. The molecule has 3 nitrogen and oxygen atoms in total. The zero-order chi connectivity index (χ0) is 14.7. The van der Waals surface area contributed by atoms with Crippen LogP contribution in [0.2, 0.25) is 0 Å². The van der Waals surface area contributed by atoms with Gasteiger partial charge in [0.05, 0.1) is 0 Å². The van der Waals surface area contributed by atoms with Crippen molar-refractivity contribution in [2.45, 2.75) is 12.5 Å². The summed E-state index contributed by atoms with van der Waals surface area (Å²) in [5.74, 6) is 1.34. The number of hydrogen-bond donors (Lipinski definition) is 0. The fourth-order valence-corrected chi connectivity index (χ4v) is 2.08. The SMILES string of the molecule is CC(Cl)Oc1ccc(/C=C/c2nc3ccccc3o2)cc1. The van der Waals surface area contributed by atoms with Crippen molar-refractivity contribution in [1.29, 1.82) is 0 Å². The maximum Gasteiger partial charge on any atom is 0.220 e. The Balaban J connectivity index is 1.76. The van der Waals surface area contributed by atoms with Crippen LogP contribution in [0.1, 0.15) is 18.4 Å². The normalized spacial score (nSPS) is 12.9. The van der Waals surface area contributed by atoms with Crippen molar-refractivity contribution in [2.75, 3.05) is 0 Å². The van der Waals surface area contributed by atoms with Crippen molar-refractivity contribution < 1.29 is 9.15 Å². The first-order chi connectivity index (χ1) is 10.2. The minimum absolute atomic E-state index is 0.342. The predicted molar refractivity (Wildman–Crippen MR) is 85.3 cm³/mol. The van der Waals surface area contributed by atoms with Crippen LogP contribution in [-0.4, -0.2) is 10.5 Å². The Hall–Kier alpha value is -2.26. The molecule has 2 aromatic carbocycles. The molecule has 0 radical (unpaired) electrons. The number of para-hydroxylation sites is 2. The minimum Gasteiger partial charge on any atom is -0.475 e. The van der Waals surface area contributed by atoms with E-state index in [2.05, 4.69) is 4.98 Å². The van der Waals surface area contributed by atoms with Gasteiger partial charge in [0, 0.05) is 6.08 Å². The number of hydrogen-bond acceptors (Lipinski definition) is 3. The number of fused-ring (bicyclic) bond motifs is 1. The largest absolute Gasteiger partial charge is 0.475 e. The van der Waals surface area contributed by atoms with Crippen LogP contribution in [0.4, 0.5) is 0 Å². The summed E-state index contributed by atoms with van der Waals surface area (Å²) in [6, 6.07) is 15.4. The molecule has 0 bridgehead atoms. The van der Waals surface area contributed by atoms with Gasteiger partial charge in [-0.1, -0.05) is 35.9 Å². The van der Waals surface area contributed by atoms with Gasteiger partial charge in [-0.3, -0.25) is 0 Å². The second-order valence-corrected chi connectivity index (χ2v) is 5.20. The molecule has 21 heavy (non-hydrogen) atoms. The molecule has 0 fully saturated rings. The fraction of sp³-hybridized carbons (Fsp3) is 0.118.